The Bertz CT molecular complexity index is 1390. The summed E-state index contributed by atoms with van der Waals surface area (Å²) in [5.41, 5.74) is 4.30. The van der Waals surface area contributed by atoms with Gasteiger partial charge in [-0.1, -0.05) is 59.9 Å². The summed E-state index contributed by atoms with van der Waals surface area (Å²) in [5.74, 6) is 0.735. The minimum atomic E-state index is 0.000104. The number of thiazole rings is 1. The van der Waals surface area contributed by atoms with E-state index in [1.165, 1.54) is 10.9 Å². The third-order valence-electron chi connectivity index (χ3n) is 5.67. The van der Waals surface area contributed by atoms with Crippen molar-refractivity contribution in [3.8, 4) is 0 Å². The highest BCUT2D eigenvalue weighted by Crippen LogP contribution is 2.33. The van der Waals surface area contributed by atoms with Gasteiger partial charge in [-0.25, -0.2) is 4.98 Å². The van der Waals surface area contributed by atoms with Crippen LogP contribution in [0.2, 0.25) is 0 Å². The first kappa shape index (κ1) is 19.5. The van der Waals surface area contributed by atoms with Crippen LogP contribution in [0, 0.1) is 13.8 Å². The Morgan fingerprint density at radius 1 is 1.00 bits per heavy atom. The van der Waals surface area contributed by atoms with Crippen LogP contribution in [-0.2, 0) is 17.8 Å². The molecule has 5 heteroatoms. The van der Waals surface area contributed by atoms with E-state index in [1.54, 1.807) is 22.5 Å². The zero-order valence-corrected chi connectivity index (χ0v) is 18.3. The van der Waals surface area contributed by atoms with Gasteiger partial charge in [-0.05, 0) is 59.5 Å². The largest absolute Gasteiger partial charge is 0.467 e. The first-order chi connectivity index (χ1) is 15.1. The Morgan fingerprint density at radius 2 is 1.84 bits per heavy atom. The summed E-state index contributed by atoms with van der Waals surface area (Å²) >= 11 is 1.54. The van der Waals surface area contributed by atoms with Gasteiger partial charge in [0.15, 0.2) is 5.13 Å². The maximum Gasteiger partial charge on any atom is 0.233 e. The molecule has 154 valence electrons. The molecule has 0 saturated heterocycles. The van der Waals surface area contributed by atoms with Crippen molar-refractivity contribution in [2.75, 3.05) is 4.90 Å². The molecular formula is C26H22N2O2S. The molecule has 2 heterocycles. The van der Waals surface area contributed by atoms with E-state index >= 15 is 0 Å². The van der Waals surface area contributed by atoms with Gasteiger partial charge >= 0.3 is 0 Å². The average Bonchev–Trinajstić information content (AvgIpc) is 3.44. The van der Waals surface area contributed by atoms with Gasteiger partial charge in [0.25, 0.3) is 0 Å². The lowest BCUT2D eigenvalue weighted by Gasteiger charge is -2.19. The maximum atomic E-state index is 13.5. The highest BCUT2D eigenvalue weighted by molar-refractivity contribution is 7.22. The summed E-state index contributed by atoms with van der Waals surface area (Å²) in [7, 11) is 0. The van der Waals surface area contributed by atoms with Gasteiger partial charge in [0.1, 0.15) is 5.76 Å². The molecular weight excluding hydrogens is 404 g/mol. The molecule has 0 aliphatic rings. The van der Waals surface area contributed by atoms with Crippen molar-refractivity contribution in [2.24, 2.45) is 0 Å². The molecule has 0 N–H and O–H groups in total. The predicted octanol–water partition coefficient (Wildman–Crippen LogP) is 6.44. The Labute approximate surface area is 184 Å². The number of fused-ring (bicyclic) bond motifs is 2. The third-order valence-corrected chi connectivity index (χ3v) is 6.71. The molecule has 0 fully saturated rings. The van der Waals surface area contributed by atoms with Crippen LogP contribution < -0.4 is 4.90 Å². The van der Waals surface area contributed by atoms with Crippen molar-refractivity contribution >= 4 is 43.4 Å². The number of amides is 1. The second kappa shape index (κ2) is 8.00. The van der Waals surface area contributed by atoms with Gasteiger partial charge in [-0.3, -0.25) is 9.69 Å². The summed E-state index contributed by atoms with van der Waals surface area (Å²) in [5, 5.41) is 3.01. The lowest BCUT2D eigenvalue weighted by molar-refractivity contribution is -0.118. The fraction of sp³-hybridized carbons (Fsp3) is 0.154. The van der Waals surface area contributed by atoms with Crippen molar-refractivity contribution in [3.05, 3.63) is 95.4 Å². The smallest absolute Gasteiger partial charge is 0.233 e. The van der Waals surface area contributed by atoms with Crippen LogP contribution >= 0.6 is 11.3 Å². The molecule has 0 radical (unpaired) electrons. The zero-order chi connectivity index (χ0) is 21.4. The number of carbonyl (C=O) groups is 1. The van der Waals surface area contributed by atoms with Gasteiger partial charge in [0.05, 0.1) is 29.4 Å². The second-order valence-corrected chi connectivity index (χ2v) is 8.78. The molecule has 1 amide bonds. The highest BCUT2D eigenvalue weighted by atomic mass is 32.1. The van der Waals surface area contributed by atoms with Crippen molar-refractivity contribution < 1.29 is 9.21 Å². The molecule has 31 heavy (non-hydrogen) atoms. The Hall–Kier alpha value is -3.44. The van der Waals surface area contributed by atoms with E-state index in [0.717, 1.165) is 32.5 Å². The number of hydrogen-bond acceptors (Lipinski definition) is 4. The number of aryl methyl sites for hydroxylation is 2. The van der Waals surface area contributed by atoms with Crippen molar-refractivity contribution in [1.29, 1.82) is 0 Å². The van der Waals surface area contributed by atoms with Crippen LogP contribution in [0.5, 0.6) is 0 Å². The number of carbonyl (C=O) groups excluding carboxylic acids is 1. The van der Waals surface area contributed by atoms with Crippen LogP contribution in [0.15, 0.2) is 77.4 Å². The SMILES string of the molecule is Cc1ccc2sc(N(Cc3ccco3)C(=O)Cc3ccc4ccccc4c3)nc2c1C. The van der Waals surface area contributed by atoms with Crippen LogP contribution in [0.4, 0.5) is 5.13 Å². The number of benzene rings is 3. The molecule has 4 nitrogen and oxygen atoms in total. The number of nitrogens with zero attached hydrogens (tertiary/aromatic N) is 2. The fourth-order valence-corrected chi connectivity index (χ4v) is 4.81. The molecule has 0 aliphatic carbocycles. The monoisotopic (exact) mass is 426 g/mol. The average molecular weight is 427 g/mol. The van der Waals surface area contributed by atoms with E-state index in [0.29, 0.717) is 18.1 Å². The minimum Gasteiger partial charge on any atom is -0.467 e. The number of rotatable bonds is 5. The van der Waals surface area contributed by atoms with E-state index in [-0.39, 0.29) is 5.91 Å². The molecule has 0 saturated carbocycles. The topological polar surface area (TPSA) is 46.3 Å². The molecule has 3 aromatic carbocycles. The van der Waals surface area contributed by atoms with Crippen LogP contribution in [0.3, 0.4) is 0 Å². The fourth-order valence-electron chi connectivity index (χ4n) is 3.77. The lowest BCUT2D eigenvalue weighted by Crippen LogP contribution is -2.31. The number of anilines is 1. The summed E-state index contributed by atoms with van der Waals surface area (Å²) in [4.78, 5) is 20.0. The quantitative estimate of drug-likeness (QED) is 0.325. The van der Waals surface area contributed by atoms with Gasteiger partial charge in [0, 0.05) is 0 Å². The van der Waals surface area contributed by atoms with E-state index < -0.39 is 0 Å². The Balaban J connectivity index is 1.50. The number of aromatic nitrogens is 1. The molecule has 5 aromatic rings. The van der Waals surface area contributed by atoms with E-state index in [2.05, 4.69) is 50.2 Å². The molecule has 0 atom stereocenters. The summed E-state index contributed by atoms with van der Waals surface area (Å²) in [6, 6.07) is 22.3. The molecule has 0 unspecified atom stereocenters. The summed E-state index contributed by atoms with van der Waals surface area (Å²) in [6.07, 6.45) is 1.94. The van der Waals surface area contributed by atoms with Crippen LogP contribution in [0.1, 0.15) is 22.5 Å². The molecule has 0 bridgehead atoms. The van der Waals surface area contributed by atoms with E-state index in [4.69, 9.17) is 9.40 Å². The maximum absolute atomic E-state index is 13.5. The normalized spacial score (nSPS) is 11.3. The first-order valence-corrected chi connectivity index (χ1v) is 11.1. The third kappa shape index (κ3) is 3.84. The summed E-state index contributed by atoms with van der Waals surface area (Å²) < 4.78 is 6.63. The Kier molecular flexibility index (Phi) is 5.04. The molecule has 0 aliphatic heterocycles. The second-order valence-electron chi connectivity index (χ2n) is 7.77. The van der Waals surface area contributed by atoms with Gasteiger partial charge in [-0.15, -0.1) is 0 Å². The van der Waals surface area contributed by atoms with Gasteiger partial charge in [0.2, 0.25) is 5.91 Å². The molecule has 5 rings (SSSR count). The van der Waals surface area contributed by atoms with Gasteiger partial charge in [-0.2, -0.15) is 0 Å². The Morgan fingerprint density at radius 3 is 2.65 bits per heavy atom. The molecule has 0 spiro atoms. The zero-order valence-electron chi connectivity index (χ0n) is 17.5. The lowest BCUT2D eigenvalue weighted by atomic mass is 10.0. The number of hydrogen-bond donors (Lipinski definition) is 0. The predicted molar refractivity (Wildman–Crippen MR) is 127 cm³/mol. The van der Waals surface area contributed by atoms with Crippen molar-refractivity contribution in [3.63, 3.8) is 0 Å². The first-order valence-electron chi connectivity index (χ1n) is 10.3. The van der Waals surface area contributed by atoms with Crippen LogP contribution in [0.25, 0.3) is 21.0 Å². The van der Waals surface area contributed by atoms with E-state index in [1.807, 2.05) is 30.3 Å². The van der Waals surface area contributed by atoms with Crippen molar-refractivity contribution in [1.82, 2.24) is 4.98 Å². The number of furan rings is 1. The van der Waals surface area contributed by atoms with E-state index in [9.17, 15) is 4.79 Å². The minimum absolute atomic E-state index is 0.000104. The van der Waals surface area contributed by atoms with Crippen molar-refractivity contribution in [2.45, 2.75) is 26.8 Å². The molecule has 2 aromatic heterocycles. The summed E-state index contributed by atoms with van der Waals surface area (Å²) in [6.45, 7) is 4.52. The van der Waals surface area contributed by atoms with Gasteiger partial charge < -0.3 is 4.42 Å². The standard InChI is InChI=1S/C26H22N2O2S/c1-17-9-12-23-25(18(17)2)27-26(31-23)28(16-22-8-5-13-30-22)24(29)15-19-10-11-20-6-3-4-7-21(20)14-19/h3-14H,15-16H2,1-2H3. The highest BCUT2D eigenvalue weighted by Gasteiger charge is 2.22. The van der Waals surface area contributed by atoms with Crippen LogP contribution in [-0.4, -0.2) is 10.9 Å².